The summed E-state index contributed by atoms with van der Waals surface area (Å²) in [5, 5.41) is 2.92. The van der Waals surface area contributed by atoms with Crippen LogP contribution in [0.15, 0.2) is 18.3 Å². The highest BCUT2D eigenvalue weighted by Crippen LogP contribution is 2.10. The summed E-state index contributed by atoms with van der Waals surface area (Å²) < 4.78 is 4.58. The molecule has 0 aliphatic carbocycles. The molecule has 92 valence electrons. The number of methoxy groups -OCH3 is 1. The first kappa shape index (κ1) is 13.4. The molecular weight excluding hydrogens is 244 g/mol. The minimum Gasteiger partial charge on any atom is -0.467 e. The van der Waals surface area contributed by atoms with Crippen molar-refractivity contribution in [3.8, 4) is 0 Å². The molecule has 0 saturated heterocycles. The van der Waals surface area contributed by atoms with E-state index in [4.69, 9.17) is 11.6 Å². The SMILES string of the molecule is COC(=O)C(C)(C)NC(=O)c1cc(Cl)ccn1. The minimum atomic E-state index is -1.12. The Morgan fingerprint density at radius 3 is 2.65 bits per heavy atom. The normalized spacial score (nSPS) is 10.8. The first-order valence-electron chi connectivity index (χ1n) is 4.89. The van der Waals surface area contributed by atoms with Gasteiger partial charge in [0, 0.05) is 11.2 Å². The molecule has 0 radical (unpaired) electrons. The van der Waals surface area contributed by atoms with Gasteiger partial charge in [0.05, 0.1) is 7.11 Å². The summed E-state index contributed by atoms with van der Waals surface area (Å²) in [5.74, 6) is -1.02. The molecule has 6 heteroatoms. The van der Waals surface area contributed by atoms with Crippen LogP contribution in [0.25, 0.3) is 0 Å². The maximum absolute atomic E-state index is 11.8. The van der Waals surface area contributed by atoms with Crippen molar-refractivity contribution < 1.29 is 14.3 Å². The smallest absolute Gasteiger partial charge is 0.330 e. The van der Waals surface area contributed by atoms with E-state index in [9.17, 15) is 9.59 Å². The summed E-state index contributed by atoms with van der Waals surface area (Å²) in [7, 11) is 1.26. The van der Waals surface area contributed by atoms with Gasteiger partial charge in [-0.25, -0.2) is 4.79 Å². The van der Waals surface area contributed by atoms with Crippen LogP contribution in [0, 0.1) is 0 Å². The Morgan fingerprint density at radius 2 is 2.12 bits per heavy atom. The van der Waals surface area contributed by atoms with Crippen LogP contribution in [0.5, 0.6) is 0 Å². The molecule has 0 atom stereocenters. The third-order valence-electron chi connectivity index (χ3n) is 2.08. The molecule has 1 rings (SSSR count). The number of esters is 1. The molecule has 1 N–H and O–H groups in total. The van der Waals surface area contributed by atoms with Gasteiger partial charge < -0.3 is 10.1 Å². The summed E-state index contributed by atoms with van der Waals surface area (Å²) in [6, 6.07) is 2.98. The van der Waals surface area contributed by atoms with Gasteiger partial charge in [-0.3, -0.25) is 9.78 Å². The lowest BCUT2D eigenvalue weighted by Crippen LogP contribution is -2.50. The summed E-state index contributed by atoms with van der Waals surface area (Å²) in [4.78, 5) is 27.0. The molecule has 1 aromatic rings. The monoisotopic (exact) mass is 256 g/mol. The maximum atomic E-state index is 11.8. The van der Waals surface area contributed by atoms with E-state index in [1.165, 1.54) is 19.4 Å². The molecule has 0 spiro atoms. The highest BCUT2D eigenvalue weighted by molar-refractivity contribution is 6.30. The lowest BCUT2D eigenvalue weighted by molar-refractivity contribution is -0.146. The molecule has 0 bridgehead atoms. The summed E-state index contributed by atoms with van der Waals surface area (Å²) >= 11 is 5.74. The van der Waals surface area contributed by atoms with Gasteiger partial charge in [-0.05, 0) is 26.0 Å². The average molecular weight is 257 g/mol. The van der Waals surface area contributed by atoms with Crippen LogP contribution in [-0.2, 0) is 9.53 Å². The van der Waals surface area contributed by atoms with Crippen LogP contribution in [0.3, 0.4) is 0 Å². The highest BCUT2D eigenvalue weighted by Gasteiger charge is 2.31. The van der Waals surface area contributed by atoms with Crippen molar-refractivity contribution in [1.29, 1.82) is 0 Å². The standard InChI is InChI=1S/C11H13ClN2O3/c1-11(2,10(16)17-3)14-9(15)8-6-7(12)4-5-13-8/h4-6H,1-3H3,(H,14,15). The van der Waals surface area contributed by atoms with Crippen molar-refractivity contribution >= 4 is 23.5 Å². The van der Waals surface area contributed by atoms with Crippen molar-refractivity contribution in [2.24, 2.45) is 0 Å². The fourth-order valence-electron chi connectivity index (χ4n) is 1.18. The molecule has 17 heavy (non-hydrogen) atoms. The number of halogens is 1. The number of amides is 1. The second-order valence-corrected chi connectivity index (χ2v) is 4.37. The molecule has 0 saturated carbocycles. The van der Waals surface area contributed by atoms with Crippen LogP contribution in [0.1, 0.15) is 24.3 Å². The first-order valence-corrected chi connectivity index (χ1v) is 5.27. The topological polar surface area (TPSA) is 68.3 Å². The third kappa shape index (κ3) is 3.42. The van der Waals surface area contributed by atoms with Gasteiger partial charge in [0.25, 0.3) is 5.91 Å². The Labute approximate surface area is 104 Å². The average Bonchev–Trinajstić information content (AvgIpc) is 2.27. The molecular formula is C11H13ClN2O3. The fourth-order valence-corrected chi connectivity index (χ4v) is 1.34. The van der Waals surface area contributed by atoms with Gasteiger partial charge in [0.2, 0.25) is 0 Å². The highest BCUT2D eigenvalue weighted by atomic mass is 35.5. The lowest BCUT2D eigenvalue weighted by Gasteiger charge is -2.22. The summed E-state index contributed by atoms with van der Waals surface area (Å²) in [6.07, 6.45) is 1.42. The Morgan fingerprint density at radius 1 is 1.47 bits per heavy atom. The van der Waals surface area contributed by atoms with Gasteiger partial charge in [-0.2, -0.15) is 0 Å². The van der Waals surface area contributed by atoms with Crippen molar-refractivity contribution in [2.45, 2.75) is 19.4 Å². The number of hydrogen-bond donors (Lipinski definition) is 1. The second-order valence-electron chi connectivity index (χ2n) is 3.93. The molecule has 0 aromatic carbocycles. The summed E-state index contributed by atoms with van der Waals surface area (Å²) in [5.41, 5.74) is -0.968. The van der Waals surface area contributed by atoms with Gasteiger partial charge in [-0.15, -0.1) is 0 Å². The van der Waals surface area contributed by atoms with E-state index in [0.29, 0.717) is 5.02 Å². The number of ether oxygens (including phenoxy) is 1. The number of aromatic nitrogens is 1. The number of pyridine rings is 1. The van der Waals surface area contributed by atoms with Crippen molar-refractivity contribution in [1.82, 2.24) is 10.3 Å². The number of rotatable bonds is 3. The van der Waals surface area contributed by atoms with Gasteiger partial charge in [0.1, 0.15) is 11.2 Å². The molecule has 1 aromatic heterocycles. The van der Waals surface area contributed by atoms with Crippen molar-refractivity contribution in [3.63, 3.8) is 0 Å². The number of carbonyl (C=O) groups excluding carboxylic acids is 2. The zero-order valence-electron chi connectivity index (χ0n) is 9.78. The minimum absolute atomic E-state index is 0.148. The van der Waals surface area contributed by atoms with Gasteiger partial charge in [0.15, 0.2) is 0 Å². The Balaban J connectivity index is 2.83. The van der Waals surface area contributed by atoms with E-state index < -0.39 is 17.4 Å². The molecule has 0 aliphatic heterocycles. The van der Waals surface area contributed by atoms with Crippen LogP contribution in [0.4, 0.5) is 0 Å². The largest absolute Gasteiger partial charge is 0.467 e. The van der Waals surface area contributed by atoms with Gasteiger partial charge in [-0.1, -0.05) is 11.6 Å². The first-order chi connectivity index (χ1) is 7.86. The zero-order valence-corrected chi connectivity index (χ0v) is 10.5. The molecule has 1 amide bonds. The Hall–Kier alpha value is -1.62. The van der Waals surface area contributed by atoms with Gasteiger partial charge >= 0.3 is 5.97 Å². The van der Waals surface area contributed by atoms with Crippen LogP contribution in [-0.4, -0.2) is 29.5 Å². The lowest BCUT2D eigenvalue weighted by atomic mass is 10.1. The number of carbonyl (C=O) groups is 2. The second kappa shape index (κ2) is 5.14. The van der Waals surface area contributed by atoms with E-state index in [0.717, 1.165) is 0 Å². The van der Waals surface area contributed by atoms with Crippen LogP contribution in [0.2, 0.25) is 5.02 Å². The van der Waals surface area contributed by atoms with Crippen molar-refractivity contribution in [2.75, 3.05) is 7.11 Å². The summed E-state index contributed by atoms with van der Waals surface area (Å²) in [6.45, 7) is 3.09. The van der Waals surface area contributed by atoms with E-state index >= 15 is 0 Å². The van der Waals surface area contributed by atoms with Crippen LogP contribution >= 0.6 is 11.6 Å². The molecule has 0 aliphatic rings. The molecule has 0 unspecified atom stereocenters. The number of hydrogen-bond acceptors (Lipinski definition) is 4. The predicted octanol–water partition coefficient (Wildman–Crippen LogP) is 1.42. The van der Waals surface area contributed by atoms with Crippen molar-refractivity contribution in [3.05, 3.63) is 29.0 Å². The predicted molar refractivity (Wildman–Crippen MR) is 62.8 cm³/mol. The van der Waals surface area contributed by atoms with E-state index in [1.54, 1.807) is 19.9 Å². The number of nitrogens with zero attached hydrogens (tertiary/aromatic N) is 1. The molecule has 1 heterocycles. The van der Waals surface area contributed by atoms with E-state index in [2.05, 4.69) is 15.0 Å². The Kier molecular flexibility index (Phi) is 4.07. The Bertz CT molecular complexity index is 446. The number of nitrogens with one attached hydrogen (secondary N) is 1. The quantitative estimate of drug-likeness (QED) is 0.831. The van der Waals surface area contributed by atoms with Crippen LogP contribution < -0.4 is 5.32 Å². The molecule has 5 nitrogen and oxygen atoms in total. The zero-order chi connectivity index (χ0) is 13.1. The van der Waals surface area contributed by atoms with E-state index in [-0.39, 0.29) is 5.69 Å². The maximum Gasteiger partial charge on any atom is 0.330 e. The fraction of sp³-hybridized carbons (Fsp3) is 0.364. The molecule has 0 fully saturated rings. The van der Waals surface area contributed by atoms with E-state index in [1.807, 2.05) is 0 Å². The third-order valence-corrected chi connectivity index (χ3v) is 2.31.